The Balaban J connectivity index is 1.58. The van der Waals surface area contributed by atoms with Gasteiger partial charge in [0.15, 0.2) is 0 Å². The second kappa shape index (κ2) is 7.17. The number of benzene rings is 2. The molecule has 0 aromatic heterocycles. The molecule has 1 aliphatic heterocycles. The minimum atomic E-state index is -0.493. The third kappa shape index (κ3) is 3.56. The number of amides is 1. The van der Waals surface area contributed by atoms with Crippen molar-refractivity contribution in [1.29, 1.82) is 0 Å². The van der Waals surface area contributed by atoms with E-state index < -0.39 is 12.1 Å². The summed E-state index contributed by atoms with van der Waals surface area (Å²) in [5, 5.41) is 0. The summed E-state index contributed by atoms with van der Waals surface area (Å²) < 4.78 is 10.7. The molecule has 0 unspecified atom stereocenters. The van der Waals surface area contributed by atoms with Crippen molar-refractivity contribution in [3.63, 3.8) is 0 Å². The third-order valence-electron chi connectivity index (χ3n) is 4.06. The van der Waals surface area contributed by atoms with E-state index >= 15 is 0 Å². The zero-order chi connectivity index (χ0) is 16.9. The summed E-state index contributed by atoms with van der Waals surface area (Å²) in [7, 11) is 0. The molecular formula is C19H19NO4. The van der Waals surface area contributed by atoms with Gasteiger partial charge in [0.2, 0.25) is 0 Å². The minimum Gasteiger partial charge on any atom is -0.459 e. The Morgan fingerprint density at radius 1 is 1.08 bits per heavy atom. The maximum absolute atomic E-state index is 12.1. The van der Waals surface area contributed by atoms with Gasteiger partial charge in [-0.15, -0.1) is 0 Å². The average molecular weight is 325 g/mol. The second-order valence-electron chi connectivity index (χ2n) is 5.73. The van der Waals surface area contributed by atoms with Gasteiger partial charge in [-0.1, -0.05) is 60.7 Å². The number of carbonyl (C=O) groups excluding carboxylic acids is 2. The highest BCUT2D eigenvalue weighted by Gasteiger charge is 2.40. The molecule has 1 fully saturated rings. The third-order valence-corrected chi connectivity index (χ3v) is 4.06. The van der Waals surface area contributed by atoms with Gasteiger partial charge in [-0.05, 0) is 18.1 Å². The van der Waals surface area contributed by atoms with Crippen LogP contribution in [-0.4, -0.2) is 29.5 Å². The van der Waals surface area contributed by atoms with E-state index in [0.29, 0.717) is 0 Å². The van der Waals surface area contributed by atoms with Gasteiger partial charge >= 0.3 is 12.1 Å². The van der Waals surface area contributed by atoms with E-state index in [9.17, 15) is 9.59 Å². The number of ether oxygens (including phenoxy) is 2. The highest BCUT2D eigenvalue weighted by atomic mass is 16.6. The van der Waals surface area contributed by atoms with Crippen LogP contribution in [0.2, 0.25) is 0 Å². The Hall–Kier alpha value is -2.82. The molecule has 0 N–H and O–H groups in total. The second-order valence-corrected chi connectivity index (χ2v) is 5.73. The molecule has 1 heterocycles. The van der Waals surface area contributed by atoms with Crippen LogP contribution in [-0.2, 0) is 20.9 Å². The molecule has 124 valence electrons. The molecule has 1 aliphatic rings. The zero-order valence-corrected chi connectivity index (χ0v) is 13.4. The molecule has 5 heteroatoms. The number of carbonyl (C=O) groups is 2. The molecule has 0 aliphatic carbocycles. The van der Waals surface area contributed by atoms with Crippen molar-refractivity contribution >= 4 is 12.1 Å². The van der Waals surface area contributed by atoms with Gasteiger partial charge in [0.1, 0.15) is 19.3 Å². The molecule has 0 radical (unpaired) electrons. The molecule has 24 heavy (non-hydrogen) atoms. The number of cyclic esters (lactones) is 1. The van der Waals surface area contributed by atoms with E-state index in [1.807, 2.05) is 67.6 Å². The molecule has 2 aromatic carbocycles. The number of nitrogens with zero attached hydrogens (tertiary/aromatic N) is 1. The Morgan fingerprint density at radius 2 is 1.71 bits per heavy atom. The van der Waals surface area contributed by atoms with E-state index in [1.54, 1.807) is 0 Å². The van der Waals surface area contributed by atoms with Crippen LogP contribution in [0.5, 0.6) is 0 Å². The first-order valence-electron chi connectivity index (χ1n) is 7.87. The van der Waals surface area contributed by atoms with Gasteiger partial charge in [0.05, 0.1) is 6.04 Å². The predicted octanol–water partition coefficient (Wildman–Crippen LogP) is 3.31. The maximum atomic E-state index is 12.1. The van der Waals surface area contributed by atoms with Crippen molar-refractivity contribution in [2.24, 2.45) is 0 Å². The van der Waals surface area contributed by atoms with Crippen LogP contribution in [0.1, 0.15) is 24.2 Å². The molecule has 2 atom stereocenters. The summed E-state index contributed by atoms with van der Waals surface area (Å²) in [5.41, 5.74) is 1.82. The SMILES string of the molecule is C[C@@H]1[C@H](c2ccccc2)OC(=O)N1CC(=O)OCc1ccccc1. The fraction of sp³-hybridized carbons (Fsp3) is 0.263. The summed E-state index contributed by atoms with van der Waals surface area (Å²) in [5.74, 6) is -0.448. The van der Waals surface area contributed by atoms with Crippen molar-refractivity contribution in [3.8, 4) is 0 Å². The van der Waals surface area contributed by atoms with Crippen LogP contribution in [0.3, 0.4) is 0 Å². The molecule has 1 saturated heterocycles. The molecule has 3 rings (SSSR count). The highest BCUT2D eigenvalue weighted by molar-refractivity contribution is 5.79. The minimum absolute atomic E-state index is 0.115. The lowest BCUT2D eigenvalue weighted by Crippen LogP contribution is -2.37. The Kier molecular flexibility index (Phi) is 4.79. The number of hydrogen-bond donors (Lipinski definition) is 0. The maximum Gasteiger partial charge on any atom is 0.411 e. The van der Waals surface area contributed by atoms with Crippen molar-refractivity contribution in [3.05, 3.63) is 71.8 Å². The van der Waals surface area contributed by atoms with Crippen LogP contribution in [0.15, 0.2) is 60.7 Å². The van der Waals surface area contributed by atoms with Crippen LogP contribution >= 0.6 is 0 Å². The van der Waals surface area contributed by atoms with Gasteiger partial charge in [-0.25, -0.2) is 4.79 Å². The molecule has 0 spiro atoms. The first-order chi connectivity index (χ1) is 11.6. The number of hydrogen-bond acceptors (Lipinski definition) is 4. The lowest BCUT2D eigenvalue weighted by Gasteiger charge is -2.20. The Labute approximate surface area is 140 Å². The molecular weight excluding hydrogens is 306 g/mol. The van der Waals surface area contributed by atoms with Gasteiger partial charge in [0, 0.05) is 0 Å². The Bertz CT molecular complexity index is 702. The predicted molar refractivity (Wildman–Crippen MR) is 88.1 cm³/mol. The summed E-state index contributed by atoms with van der Waals surface area (Å²) in [6, 6.07) is 18.7. The molecule has 0 saturated carbocycles. The van der Waals surface area contributed by atoms with Crippen LogP contribution in [0.25, 0.3) is 0 Å². The van der Waals surface area contributed by atoms with Crippen molar-refractivity contribution < 1.29 is 19.1 Å². The van der Waals surface area contributed by atoms with E-state index in [4.69, 9.17) is 9.47 Å². The largest absolute Gasteiger partial charge is 0.459 e. The molecule has 5 nitrogen and oxygen atoms in total. The first-order valence-corrected chi connectivity index (χ1v) is 7.87. The van der Waals surface area contributed by atoms with Crippen LogP contribution in [0, 0.1) is 0 Å². The standard InChI is InChI=1S/C19H19NO4/c1-14-18(16-10-6-3-7-11-16)24-19(22)20(14)12-17(21)23-13-15-8-4-2-5-9-15/h2-11,14,18H,12-13H2,1H3/t14-,18-/m1/s1. The highest BCUT2D eigenvalue weighted by Crippen LogP contribution is 2.31. The fourth-order valence-corrected chi connectivity index (χ4v) is 2.73. The topological polar surface area (TPSA) is 55.8 Å². The molecule has 1 amide bonds. The monoisotopic (exact) mass is 325 g/mol. The van der Waals surface area contributed by atoms with Crippen LogP contribution < -0.4 is 0 Å². The van der Waals surface area contributed by atoms with Crippen molar-refractivity contribution in [2.75, 3.05) is 6.54 Å². The van der Waals surface area contributed by atoms with Crippen molar-refractivity contribution in [1.82, 2.24) is 4.90 Å². The van der Waals surface area contributed by atoms with Gasteiger partial charge in [-0.3, -0.25) is 9.69 Å². The summed E-state index contributed by atoms with van der Waals surface area (Å²) in [6.45, 7) is 1.95. The number of rotatable bonds is 5. The molecule has 0 bridgehead atoms. The first kappa shape index (κ1) is 16.1. The summed E-state index contributed by atoms with van der Waals surface area (Å²) in [4.78, 5) is 25.5. The Morgan fingerprint density at radius 3 is 2.38 bits per heavy atom. The van der Waals surface area contributed by atoms with Gasteiger partial charge in [-0.2, -0.15) is 0 Å². The van der Waals surface area contributed by atoms with Gasteiger partial charge in [0.25, 0.3) is 0 Å². The van der Waals surface area contributed by atoms with Crippen molar-refractivity contribution in [2.45, 2.75) is 25.7 Å². The van der Waals surface area contributed by atoms with Crippen LogP contribution in [0.4, 0.5) is 4.79 Å². The lowest BCUT2D eigenvalue weighted by molar-refractivity contribution is -0.145. The quantitative estimate of drug-likeness (QED) is 0.792. The zero-order valence-electron chi connectivity index (χ0n) is 13.4. The normalized spacial score (nSPS) is 19.9. The number of esters is 1. The average Bonchev–Trinajstić information content (AvgIpc) is 2.90. The van der Waals surface area contributed by atoms with E-state index in [1.165, 1.54) is 4.90 Å². The van der Waals surface area contributed by atoms with E-state index in [0.717, 1.165) is 11.1 Å². The van der Waals surface area contributed by atoms with Gasteiger partial charge < -0.3 is 9.47 Å². The lowest BCUT2D eigenvalue weighted by atomic mass is 10.0. The smallest absolute Gasteiger partial charge is 0.411 e. The van der Waals surface area contributed by atoms with E-state index in [2.05, 4.69) is 0 Å². The fourth-order valence-electron chi connectivity index (χ4n) is 2.73. The molecule has 2 aromatic rings. The summed E-state index contributed by atoms with van der Waals surface area (Å²) in [6.07, 6.45) is -0.867. The summed E-state index contributed by atoms with van der Waals surface area (Å²) >= 11 is 0. The van der Waals surface area contributed by atoms with E-state index in [-0.39, 0.29) is 25.3 Å².